The second-order valence-electron chi connectivity index (χ2n) is 9.72. The fourth-order valence-corrected chi connectivity index (χ4v) is 5.78. The lowest BCUT2D eigenvalue weighted by Crippen LogP contribution is -2.45. The number of carbonyl (C=O) groups is 2. The molecule has 4 aromatic carbocycles. The third-order valence-corrected chi connectivity index (χ3v) is 7.60. The average molecular weight is 520 g/mol. The standard InChI is InChI=1S/C32H29N3O4/c33-28-14-8-7-13-27(28)32(23-9-3-1-4-10-23,24-11-5-2-6-12-24)29-21-35(31(37)39-29)26-17-15-25(16-18-26)34-19-20-38-22-30(34)36/h1-18,29H,19-22,33H2/t29-/m1/s1. The molecular formula is C32H29N3O4. The van der Waals surface area contributed by atoms with Crippen LogP contribution in [0.3, 0.4) is 0 Å². The van der Waals surface area contributed by atoms with E-state index in [0.717, 1.165) is 22.4 Å². The second-order valence-corrected chi connectivity index (χ2v) is 9.72. The van der Waals surface area contributed by atoms with E-state index < -0.39 is 17.6 Å². The van der Waals surface area contributed by atoms with Gasteiger partial charge in [0.25, 0.3) is 5.91 Å². The number of cyclic esters (lactones) is 1. The molecule has 0 aromatic heterocycles. The molecule has 0 aliphatic carbocycles. The molecule has 0 unspecified atom stereocenters. The molecule has 0 saturated carbocycles. The number of hydrogen-bond donors (Lipinski definition) is 1. The van der Waals surface area contributed by atoms with Crippen molar-refractivity contribution in [3.63, 3.8) is 0 Å². The van der Waals surface area contributed by atoms with Gasteiger partial charge in [-0.25, -0.2) is 4.79 Å². The van der Waals surface area contributed by atoms with Crippen LogP contribution in [0.15, 0.2) is 109 Å². The zero-order valence-electron chi connectivity index (χ0n) is 21.4. The Labute approximate surface area is 227 Å². The number of amides is 2. The second kappa shape index (κ2) is 10.3. The van der Waals surface area contributed by atoms with E-state index in [0.29, 0.717) is 31.1 Å². The number of rotatable bonds is 6. The van der Waals surface area contributed by atoms with Gasteiger partial charge in [0, 0.05) is 23.6 Å². The highest BCUT2D eigenvalue weighted by molar-refractivity contribution is 5.96. The van der Waals surface area contributed by atoms with E-state index in [-0.39, 0.29) is 12.5 Å². The molecule has 39 heavy (non-hydrogen) atoms. The summed E-state index contributed by atoms with van der Waals surface area (Å²) in [6.45, 7) is 1.39. The van der Waals surface area contributed by atoms with Crippen LogP contribution in [0.2, 0.25) is 0 Å². The fourth-order valence-electron chi connectivity index (χ4n) is 5.78. The van der Waals surface area contributed by atoms with Crippen LogP contribution in [0.1, 0.15) is 16.7 Å². The monoisotopic (exact) mass is 519 g/mol. The van der Waals surface area contributed by atoms with Gasteiger partial charge in [-0.3, -0.25) is 9.69 Å². The fraction of sp³-hybridized carbons (Fsp3) is 0.188. The SMILES string of the molecule is Nc1ccccc1C(c1ccccc1)(c1ccccc1)[C@H]1CN(c2ccc(N3CCOCC3=O)cc2)C(=O)O1. The van der Waals surface area contributed by atoms with Crippen molar-refractivity contribution in [2.75, 3.05) is 41.8 Å². The van der Waals surface area contributed by atoms with Crippen LogP contribution in [0.4, 0.5) is 21.9 Å². The summed E-state index contributed by atoms with van der Waals surface area (Å²) in [7, 11) is 0. The minimum Gasteiger partial charge on any atom is -0.442 e. The molecule has 4 aromatic rings. The summed E-state index contributed by atoms with van der Waals surface area (Å²) in [4.78, 5) is 29.1. The molecule has 2 aliphatic heterocycles. The van der Waals surface area contributed by atoms with E-state index in [1.165, 1.54) is 0 Å². The average Bonchev–Trinajstić information content (AvgIpc) is 3.37. The topological polar surface area (TPSA) is 85.1 Å². The van der Waals surface area contributed by atoms with Crippen molar-refractivity contribution in [2.45, 2.75) is 11.5 Å². The molecule has 2 amide bonds. The Kier molecular flexibility index (Phi) is 6.50. The summed E-state index contributed by atoms with van der Waals surface area (Å²) in [5, 5.41) is 0. The predicted molar refractivity (Wildman–Crippen MR) is 151 cm³/mol. The first-order valence-electron chi connectivity index (χ1n) is 13.0. The number of para-hydroxylation sites is 1. The highest BCUT2D eigenvalue weighted by atomic mass is 16.6. The van der Waals surface area contributed by atoms with Crippen LogP contribution in [-0.4, -0.2) is 44.4 Å². The maximum absolute atomic E-state index is 13.4. The minimum absolute atomic E-state index is 0.0750. The van der Waals surface area contributed by atoms with Crippen molar-refractivity contribution in [3.05, 3.63) is 126 Å². The number of ether oxygens (including phenoxy) is 2. The van der Waals surface area contributed by atoms with E-state index in [9.17, 15) is 9.59 Å². The molecule has 0 spiro atoms. The summed E-state index contributed by atoms with van der Waals surface area (Å²) in [5.41, 5.74) is 10.7. The van der Waals surface area contributed by atoms with Crippen LogP contribution in [0, 0.1) is 0 Å². The molecule has 7 heteroatoms. The third kappa shape index (κ3) is 4.30. The number of morpholine rings is 1. The lowest BCUT2D eigenvalue weighted by Gasteiger charge is -2.40. The Morgan fingerprint density at radius 1 is 0.718 bits per heavy atom. The van der Waals surface area contributed by atoms with Crippen LogP contribution in [0.5, 0.6) is 0 Å². The normalized spacial score (nSPS) is 17.8. The van der Waals surface area contributed by atoms with E-state index in [2.05, 4.69) is 24.3 Å². The minimum atomic E-state index is -0.849. The van der Waals surface area contributed by atoms with E-state index in [1.807, 2.05) is 84.9 Å². The lowest BCUT2D eigenvalue weighted by atomic mass is 9.65. The Hall–Kier alpha value is -4.62. The quantitative estimate of drug-likeness (QED) is 0.287. The number of hydrogen-bond acceptors (Lipinski definition) is 5. The summed E-state index contributed by atoms with van der Waals surface area (Å²) in [5.74, 6) is -0.0781. The molecule has 6 rings (SSSR count). The molecule has 2 heterocycles. The largest absolute Gasteiger partial charge is 0.442 e. The highest BCUT2D eigenvalue weighted by Crippen LogP contribution is 2.47. The molecule has 7 nitrogen and oxygen atoms in total. The summed E-state index contributed by atoms with van der Waals surface area (Å²) < 4.78 is 11.5. The molecule has 2 aliphatic rings. The smallest absolute Gasteiger partial charge is 0.414 e. The summed E-state index contributed by atoms with van der Waals surface area (Å²) >= 11 is 0. The van der Waals surface area contributed by atoms with Gasteiger partial charge in [-0.1, -0.05) is 78.9 Å². The van der Waals surface area contributed by atoms with Crippen LogP contribution >= 0.6 is 0 Å². The zero-order valence-corrected chi connectivity index (χ0v) is 21.4. The molecule has 0 bridgehead atoms. The predicted octanol–water partition coefficient (Wildman–Crippen LogP) is 4.99. The van der Waals surface area contributed by atoms with Crippen molar-refractivity contribution in [1.82, 2.24) is 0 Å². The van der Waals surface area contributed by atoms with Gasteiger partial charge in [-0.05, 0) is 47.0 Å². The molecule has 2 N–H and O–H groups in total. The molecule has 0 radical (unpaired) electrons. The van der Waals surface area contributed by atoms with E-state index >= 15 is 0 Å². The Bertz CT molecular complexity index is 1440. The van der Waals surface area contributed by atoms with Gasteiger partial charge in [0.05, 0.1) is 18.6 Å². The number of anilines is 3. The molecule has 2 saturated heterocycles. The number of nitrogens with zero attached hydrogens (tertiary/aromatic N) is 2. The zero-order chi connectivity index (χ0) is 26.8. The number of nitrogens with two attached hydrogens (primary N) is 1. The highest BCUT2D eigenvalue weighted by Gasteiger charge is 2.51. The summed E-state index contributed by atoms with van der Waals surface area (Å²) in [6, 6.07) is 35.3. The van der Waals surface area contributed by atoms with Gasteiger partial charge in [-0.2, -0.15) is 0 Å². The Balaban J connectivity index is 1.43. The maximum atomic E-state index is 13.4. The van der Waals surface area contributed by atoms with E-state index in [1.54, 1.807) is 9.80 Å². The van der Waals surface area contributed by atoms with Gasteiger partial charge in [-0.15, -0.1) is 0 Å². The van der Waals surface area contributed by atoms with Crippen LogP contribution in [0.25, 0.3) is 0 Å². The number of carbonyl (C=O) groups excluding carboxylic acids is 2. The molecule has 196 valence electrons. The van der Waals surface area contributed by atoms with Crippen molar-refractivity contribution in [2.24, 2.45) is 0 Å². The molecular weight excluding hydrogens is 490 g/mol. The Morgan fingerprint density at radius 3 is 1.87 bits per heavy atom. The maximum Gasteiger partial charge on any atom is 0.414 e. The lowest BCUT2D eigenvalue weighted by molar-refractivity contribution is -0.125. The first-order valence-corrected chi connectivity index (χ1v) is 13.0. The Morgan fingerprint density at radius 2 is 1.28 bits per heavy atom. The van der Waals surface area contributed by atoms with Gasteiger partial charge in [0.1, 0.15) is 12.7 Å². The van der Waals surface area contributed by atoms with Crippen molar-refractivity contribution < 1.29 is 19.1 Å². The van der Waals surface area contributed by atoms with Gasteiger partial charge < -0.3 is 20.1 Å². The first-order chi connectivity index (χ1) is 19.1. The van der Waals surface area contributed by atoms with Crippen LogP contribution in [-0.2, 0) is 19.7 Å². The van der Waals surface area contributed by atoms with Crippen molar-refractivity contribution in [1.29, 1.82) is 0 Å². The van der Waals surface area contributed by atoms with Gasteiger partial charge in [0.15, 0.2) is 0 Å². The third-order valence-electron chi connectivity index (χ3n) is 7.60. The number of benzene rings is 4. The van der Waals surface area contributed by atoms with Gasteiger partial charge >= 0.3 is 6.09 Å². The van der Waals surface area contributed by atoms with Crippen molar-refractivity contribution >= 4 is 29.1 Å². The van der Waals surface area contributed by atoms with Crippen LogP contribution < -0.4 is 15.5 Å². The van der Waals surface area contributed by atoms with E-state index in [4.69, 9.17) is 15.2 Å². The van der Waals surface area contributed by atoms with Crippen molar-refractivity contribution in [3.8, 4) is 0 Å². The first kappa shape index (κ1) is 24.7. The summed E-state index contributed by atoms with van der Waals surface area (Å²) in [6.07, 6.45) is -0.999. The number of nitrogen functional groups attached to an aromatic ring is 1. The van der Waals surface area contributed by atoms with Gasteiger partial charge in [0.2, 0.25) is 0 Å². The molecule has 1 atom stereocenters. The molecule has 2 fully saturated rings.